The summed E-state index contributed by atoms with van der Waals surface area (Å²) in [6.45, 7) is 0. The van der Waals surface area contributed by atoms with Crippen molar-refractivity contribution in [3.05, 3.63) is 33.8 Å². The second-order valence-electron chi connectivity index (χ2n) is 3.15. The molecule has 4 N–H and O–H groups in total. The molecule has 1 aliphatic rings. The Morgan fingerprint density at radius 2 is 1.94 bits per heavy atom. The van der Waals surface area contributed by atoms with Crippen LogP contribution in [0.25, 0.3) is 0 Å². The lowest BCUT2D eigenvalue weighted by Gasteiger charge is -2.24. The van der Waals surface area contributed by atoms with Gasteiger partial charge in [0.15, 0.2) is 17.2 Å². The van der Waals surface area contributed by atoms with Gasteiger partial charge in [-0.15, -0.1) is 0 Å². The van der Waals surface area contributed by atoms with Crippen molar-refractivity contribution in [1.29, 1.82) is 0 Å². The van der Waals surface area contributed by atoms with Gasteiger partial charge in [0.05, 0.1) is 0 Å². The lowest BCUT2D eigenvalue weighted by atomic mass is 10.1. The normalized spacial score (nSPS) is 19.8. The molecule has 84 valence electrons. The van der Waals surface area contributed by atoms with E-state index in [0.717, 1.165) is 0 Å². The predicted octanol–water partition coefficient (Wildman–Crippen LogP) is 1.78. The molecule has 1 atom stereocenters. The van der Waals surface area contributed by atoms with E-state index in [2.05, 4.69) is 15.6 Å². The van der Waals surface area contributed by atoms with E-state index in [4.69, 9.17) is 41.2 Å². The lowest BCUT2D eigenvalue weighted by molar-refractivity contribution is 0.660. The van der Waals surface area contributed by atoms with E-state index in [9.17, 15) is 0 Å². The number of nitrogens with two attached hydrogens (primary N) is 1. The average Bonchev–Trinajstić information content (AvgIpc) is 2.15. The number of benzene rings is 1. The van der Waals surface area contributed by atoms with Crippen LogP contribution in [0.3, 0.4) is 0 Å². The maximum Gasteiger partial charge on any atom is 0.197 e. The standard InChI is InChI=1S/C9H8Cl2N4S/c10-4-2-1-3-5(11)6(4)7-13-8(12)15-9(16)14-7/h1-3,7H,(H4,12,13,14,15,16)/t7-/m1/s1. The van der Waals surface area contributed by atoms with Crippen molar-refractivity contribution in [2.75, 3.05) is 0 Å². The summed E-state index contributed by atoms with van der Waals surface area (Å²) >= 11 is 17.1. The van der Waals surface area contributed by atoms with E-state index in [0.29, 0.717) is 20.7 Å². The molecule has 1 aromatic rings. The van der Waals surface area contributed by atoms with E-state index in [1.165, 1.54) is 0 Å². The van der Waals surface area contributed by atoms with Crippen molar-refractivity contribution in [3.8, 4) is 0 Å². The molecule has 0 saturated heterocycles. The molecule has 7 heteroatoms. The average molecular weight is 275 g/mol. The molecule has 16 heavy (non-hydrogen) atoms. The molecule has 0 aliphatic carbocycles. The minimum absolute atomic E-state index is 0.240. The Hall–Kier alpha value is -1.04. The lowest BCUT2D eigenvalue weighted by Crippen LogP contribution is -2.49. The molecule has 1 heterocycles. The zero-order chi connectivity index (χ0) is 11.7. The van der Waals surface area contributed by atoms with Gasteiger partial charge in [0.1, 0.15) is 0 Å². The van der Waals surface area contributed by atoms with Gasteiger partial charge >= 0.3 is 0 Å². The van der Waals surface area contributed by atoms with Gasteiger partial charge in [-0.25, -0.2) is 4.99 Å². The van der Waals surface area contributed by atoms with Crippen molar-refractivity contribution in [3.63, 3.8) is 0 Å². The summed E-state index contributed by atoms with van der Waals surface area (Å²) in [6.07, 6.45) is -0.449. The number of nitrogens with zero attached hydrogens (tertiary/aromatic N) is 1. The van der Waals surface area contributed by atoms with Crippen LogP contribution in [0.15, 0.2) is 23.2 Å². The van der Waals surface area contributed by atoms with Crippen LogP contribution >= 0.6 is 35.4 Å². The highest BCUT2D eigenvalue weighted by Crippen LogP contribution is 2.31. The zero-order valence-electron chi connectivity index (χ0n) is 8.00. The number of rotatable bonds is 1. The molecular weight excluding hydrogens is 267 g/mol. The van der Waals surface area contributed by atoms with Gasteiger partial charge in [0.25, 0.3) is 0 Å². The zero-order valence-corrected chi connectivity index (χ0v) is 10.3. The fraction of sp³-hybridized carbons (Fsp3) is 0.111. The summed E-state index contributed by atoms with van der Waals surface area (Å²) < 4.78 is 0. The number of thiocarbonyl (C=S) groups is 1. The SMILES string of the molecule is NC1=N[C@@H](c2c(Cl)cccc2Cl)NC(=S)N1. The van der Waals surface area contributed by atoms with E-state index in [1.54, 1.807) is 18.2 Å². The quantitative estimate of drug-likeness (QED) is 0.684. The van der Waals surface area contributed by atoms with E-state index in [-0.39, 0.29) is 5.96 Å². The van der Waals surface area contributed by atoms with Crippen LogP contribution in [0.4, 0.5) is 0 Å². The Morgan fingerprint density at radius 3 is 2.50 bits per heavy atom. The van der Waals surface area contributed by atoms with Gasteiger partial charge in [-0.05, 0) is 24.4 Å². The van der Waals surface area contributed by atoms with Gasteiger partial charge in [-0.1, -0.05) is 29.3 Å². The summed E-state index contributed by atoms with van der Waals surface area (Å²) in [5.41, 5.74) is 6.24. The summed E-state index contributed by atoms with van der Waals surface area (Å²) in [7, 11) is 0. The number of nitrogens with one attached hydrogen (secondary N) is 2. The number of hydrogen-bond donors (Lipinski definition) is 3. The topological polar surface area (TPSA) is 62.4 Å². The predicted molar refractivity (Wildman–Crippen MR) is 69.7 cm³/mol. The molecule has 4 nitrogen and oxygen atoms in total. The molecule has 0 radical (unpaired) electrons. The van der Waals surface area contributed by atoms with Gasteiger partial charge in [-0.2, -0.15) is 0 Å². The molecule has 1 aromatic carbocycles. The number of halogens is 2. The summed E-state index contributed by atoms with van der Waals surface area (Å²) in [4.78, 5) is 4.14. The third kappa shape index (κ3) is 2.21. The van der Waals surface area contributed by atoms with Gasteiger partial charge in [-0.3, -0.25) is 0 Å². The van der Waals surface area contributed by atoms with Crippen LogP contribution < -0.4 is 16.4 Å². The third-order valence-corrected chi connectivity index (χ3v) is 2.93. The number of hydrogen-bond acceptors (Lipinski definition) is 3. The second-order valence-corrected chi connectivity index (χ2v) is 4.37. The monoisotopic (exact) mass is 274 g/mol. The van der Waals surface area contributed by atoms with Crippen LogP contribution in [0.1, 0.15) is 11.7 Å². The first kappa shape index (κ1) is 11.4. The molecule has 0 fully saturated rings. The van der Waals surface area contributed by atoms with Crippen molar-refractivity contribution < 1.29 is 0 Å². The summed E-state index contributed by atoms with van der Waals surface area (Å²) in [6, 6.07) is 5.24. The highest BCUT2D eigenvalue weighted by molar-refractivity contribution is 7.80. The first-order chi connectivity index (χ1) is 7.58. The van der Waals surface area contributed by atoms with Gasteiger partial charge in [0, 0.05) is 15.6 Å². The third-order valence-electron chi connectivity index (χ3n) is 2.05. The Morgan fingerprint density at radius 1 is 1.31 bits per heavy atom. The highest BCUT2D eigenvalue weighted by atomic mass is 35.5. The molecule has 1 aliphatic heterocycles. The minimum atomic E-state index is -0.449. The number of aliphatic imine (C=N–C) groups is 1. The Labute approximate surface area is 108 Å². The Kier molecular flexibility index (Phi) is 3.18. The first-order valence-corrected chi connectivity index (χ1v) is 5.59. The number of guanidine groups is 1. The minimum Gasteiger partial charge on any atom is -0.370 e. The molecule has 0 bridgehead atoms. The van der Waals surface area contributed by atoms with Crippen LogP contribution in [-0.4, -0.2) is 11.1 Å². The molecule has 2 rings (SSSR count). The maximum absolute atomic E-state index is 6.06. The molecular formula is C9H8Cl2N4S. The fourth-order valence-electron chi connectivity index (χ4n) is 1.39. The second kappa shape index (κ2) is 4.45. The summed E-state index contributed by atoms with van der Waals surface area (Å²) in [5, 5.41) is 7.04. The van der Waals surface area contributed by atoms with Crippen molar-refractivity contribution in [2.45, 2.75) is 6.17 Å². The van der Waals surface area contributed by atoms with Crippen LogP contribution in [0.2, 0.25) is 10.0 Å². The van der Waals surface area contributed by atoms with Crippen LogP contribution in [-0.2, 0) is 0 Å². The van der Waals surface area contributed by atoms with Crippen molar-refractivity contribution in [2.24, 2.45) is 10.7 Å². The van der Waals surface area contributed by atoms with Crippen molar-refractivity contribution in [1.82, 2.24) is 10.6 Å². The first-order valence-electron chi connectivity index (χ1n) is 4.42. The largest absolute Gasteiger partial charge is 0.370 e. The smallest absolute Gasteiger partial charge is 0.197 e. The maximum atomic E-state index is 6.06. The van der Waals surface area contributed by atoms with Crippen molar-refractivity contribution >= 4 is 46.5 Å². The van der Waals surface area contributed by atoms with Gasteiger partial charge < -0.3 is 16.4 Å². The van der Waals surface area contributed by atoms with Crippen LogP contribution in [0.5, 0.6) is 0 Å². The Balaban J connectivity index is 2.44. The van der Waals surface area contributed by atoms with Gasteiger partial charge in [0.2, 0.25) is 0 Å². The van der Waals surface area contributed by atoms with Crippen LogP contribution in [0, 0.1) is 0 Å². The Bertz CT molecular complexity index is 454. The van der Waals surface area contributed by atoms with E-state index >= 15 is 0 Å². The van der Waals surface area contributed by atoms with E-state index in [1.807, 2.05) is 0 Å². The molecule has 0 saturated carbocycles. The summed E-state index contributed by atoms with van der Waals surface area (Å²) in [5.74, 6) is 0.240. The fourth-order valence-corrected chi connectivity index (χ4v) is 2.21. The van der Waals surface area contributed by atoms with E-state index < -0.39 is 6.17 Å². The molecule has 0 amide bonds. The molecule has 0 unspecified atom stereocenters. The molecule has 0 aromatic heterocycles. The molecule has 0 spiro atoms. The highest BCUT2D eigenvalue weighted by Gasteiger charge is 2.21.